The molecule has 0 saturated carbocycles. The first kappa shape index (κ1) is 28.5. The summed E-state index contributed by atoms with van der Waals surface area (Å²) in [6.45, 7) is 3.79. The number of aliphatic hydroxyl groups is 1. The molecule has 0 aliphatic carbocycles. The summed E-state index contributed by atoms with van der Waals surface area (Å²) in [5.41, 5.74) is 2.97. The molecule has 0 radical (unpaired) electrons. The quantitative estimate of drug-likeness (QED) is 0.326. The highest BCUT2D eigenvalue weighted by Gasteiger charge is 2.19. The van der Waals surface area contributed by atoms with E-state index in [0.29, 0.717) is 22.9 Å². The minimum absolute atomic E-state index is 0.139. The van der Waals surface area contributed by atoms with Crippen LogP contribution < -0.4 is 10.6 Å². The van der Waals surface area contributed by atoms with Crippen LogP contribution in [-0.4, -0.2) is 51.9 Å². The zero-order valence-electron chi connectivity index (χ0n) is 21.1. The number of aliphatic hydroxyl groups excluding tert-OH is 1. The second-order valence-electron chi connectivity index (χ2n) is 8.65. The Bertz CT molecular complexity index is 1210. The molecule has 4 rings (SSSR count). The minimum atomic E-state index is -0.460. The fraction of sp³-hybridized carbons (Fsp3) is 0.370. The summed E-state index contributed by atoms with van der Waals surface area (Å²) in [6, 6.07) is 14.2. The van der Waals surface area contributed by atoms with Crippen molar-refractivity contribution in [2.45, 2.75) is 45.4 Å². The Balaban J connectivity index is 0.00000186. The van der Waals surface area contributed by atoms with E-state index in [9.17, 15) is 9.59 Å². The number of anilines is 2. The number of amides is 3. The maximum Gasteiger partial charge on any atom is 0.324 e. The van der Waals surface area contributed by atoms with Gasteiger partial charge in [0.1, 0.15) is 5.82 Å². The normalized spacial score (nSPS) is 12.6. The molecule has 1 saturated heterocycles. The van der Waals surface area contributed by atoms with Gasteiger partial charge in [0.2, 0.25) is 5.91 Å². The number of nitrogens with one attached hydrogen (secondary N) is 2. The summed E-state index contributed by atoms with van der Waals surface area (Å²) in [6.07, 6.45) is 5.30. The van der Waals surface area contributed by atoms with Crippen LogP contribution in [-0.2, 0) is 17.6 Å². The number of carbonyl (C=O) groups is 2. The highest BCUT2D eigenvalue weighted by atomic mass is 35.5. The number of urea groups is 1. The Morgan fingerprint density at radius 1 is 1.03 bits per heavy atom. The first-order valence-electron chi connectivity index (χ1n) is 12.4. The summed E-state index contributed by atoms with van der Waals surface area (Å²) in [4.78, 5) is 27.4. The molecule has 1 aromatic heterocycles. The standard InChI is InChI=1S/C26H29Cl2N5O2.CH4O/c1-2-3-9-19-17-23(30-26(35)29-22-12-7-11-21(27)25(22)28)33(31-19)20-10-6-8-18(15-20)16-24(34)32-13-4-5-14-32;1-2/h6-8,10-12,15,17H,2-5,9,13-14,16H2,1H3,(H2,29,30,35);2H,1H3. The van der Waals surface area contributed by atoms with Gasteiger partial charge in [0, 0.05) is 26.3 Å². The summed E-state index contributed by atoms with van der Waals surface area (Å²) < 4.78 is 1.70. The van der Waals surface area contributed by atoms with Gasteiger partial charge < -0.3 is 15.3 Å². The maximum absolute atomic E-state index is 12.8. The molecule has 2 heterocycles. The molecular formula is C27H33Cl2N5O3. The van der Waals surface area contributed by atoms with Crippen molar-refractivity contribution in [3.8, 4) is 5.69 Å². The highest BCUT2D eigenvalue weighted by molar-refractivity contribution is 6.44. The molecule has 8 nitrogen and oxygen atoms in total. The van der Waals surface area contributed by atoms with E-state index < -0.39 is 6.03 Å². The van der Waals surface area contributed by atoms with Crippen LogP contribution in [0.3, 0.4) is 0 Å². The van der Waals surface area contributed by atoms with E-state index in [1.807, 2.05) is 35.2 Å². The third-order valence-corrected chi connectivity index (χ3v) is 6.78. The van der Waals surface area contributed by atoms with Crippen LogP contribution >= 0.6 is 23.2 Å². The molecule has 0 bridgehead atoms. The lowest BCUT2D eigenvalue weighted by molar-refractivity contribution is -0.129. The molecule has 198 valence electrons. The average molecular weight is 546 g/mol. The van der Waals surface area contributed by atoms with Crippen LogP contribution in [0.1, 0.15) is 43.9 Å². The topological polar surface area (TPSA) is 99.5 Å². The number of nitrogens with zero attached hydrogens (tertiary/aromatic N) is 3. The molecular weight excluding hydrogens is 513 g/mol. The zero-order valence-corrected chi connectivity index (χ0v) is 22.6. The van der Waals surface area contributed by atoms with Crippen molar-refractivity contribution in [3.05, 3.63) is 69.8 Å². The van der Waals surface area contributed by atoms with E-state index in [2.05, 4.69) is 17.6 Å². The van der Waals surface area contributed by atoms with Crippen LogP contribution in [0.5, 0.6) is 0 Å². The lowest BCUT2D eigenvalue weighted by Gasteiger charge is -2.16. The van der Waals surface area contributed by atoms with Crippen molar-refractivity contribution in [2.24, 2.45) is 0 Å². The van der Waals surface area contributed by atoms with E-state index in [-0.39, 0.29) is 10.9 Å². The molecule has 1 aliphatic heterocycles. The van der Waals surface area contributed by atoms with E-state index >= 15 is 0 Å². The van der Waals surface area contributed by atoms with Crippen molar-refractivity contribution in [1.29, 1.82) is 0 Å². The third kappa shape index (κ3) is 7.71. The summed E-state index contributed by atoms with van der Waals surface area (Å²) in [5.74, 6) is 0.662. The smallest absolute Gasteiger partial charge is 0.324 e. The zero-order chi connectivity index (χ0) is 26.8. The number of aromatic nitrogens is 2. The molecule has 1 fully saturated rings. The molecule has 2 aromatic carbocycles. The number of hydrogen-bond donors (Lipinski definition) is 3. The van der Waals surface area contributed by atoms with E-state index in [1.54, 1.807) is 22.9 Å². The number of hydrogen-bond acceptors (Lipinski definition) is 4. The van der Waals surface area contributed by atoms with Crippen molar-refractivity contribution < 1.29 is 14.7 Å². The SMILES string of the molecule is CCCCc1cc(NC(=O)Nc2cccc(Cl)c2Cl)n(-c2cccc(CC(=O)N3CCCC3)c2)n1.CO. The molecule has 0 spiro atoms. The monoisotopic (exact) mass is 545 g/mol. The fourth-order valence-corrected chi connectivity index (χ4v) is 4.47. The van der Waals surface area contributed by atoms with Gasteiger partial charge in [0.25, 0.3) is 0 Å². The number of likely N-dealkylation sites (tertiary alicyclic amines) is 1. The van der Waals surface area contributed by atoms with Crippen LogP contribution in [0.2, 0.25) is 10.0 Å². The van der Waals surface area contributed by atoms with Crippen LogP contribution in [0.25, 0.3) is 5.69 Å². The Morgan fingerprint density at radius 3 is 2.49 bits per heavy atom. The number of unbranched alkanes of at least 4 members (excludes halogenated alkanes) is 1. The Morgan fingerprint density at radius 2 is 1.76 bits per heavy atom. The second kappa shape index (κ2) is 14.0. The second-order valence-corrected chi connectivity index (χ2v) is 9.44. The molecule has 37 heavy (non-hydrogen) atoms. The maximum atomic E-state index is 12.8. The predicted molar refractivity (Wildman–Crippen MR) is 149 cm³/mol. The van der Waals surface area contributed by atoms with Crippen LogP contribution in [0, 0.1) is 0 Å². The number of carbonyl (C=O) groups excluding carboxylic acids is 2. The molecule has 10 heteroatoms. The van der Waals surface area contributed by atoms with Gasteiger partial charge in [-0.3, -0.25) is 10.1 Å². The van der Waals surface area contributed by atoms with Crippen molar-refractivity contribution in [3.63, 3.8) is 0 Å². The lowest BCUT2D eigenvalue weighted by Crippen LogP contribution is -2.29. The highest BCUT2D eigenvalue weighted by Crippen LogP contribution is 2.30. The van der Waals surface area contributed by atoms with Gasteiger partial charge in [0.15, 0.2) is 0 Å². The van der Waals surface area contributed by atoms with Gasteiger partial charge in [-0.25, -0.2) is 9.48 Å². The summed E-state index contributed by atoms with van der Waals surface area (Å²) in [5, 5.41) is 18.0. The first-order chi connectivity index (χ1) is 17.9. The molecule has 3 N–H and O–H groups in total. The van der Waals surface area contributed by atoms with Crippen molar-refractivity contribution >= 4 is 46.6 Å². The number of rotatable bonds is 8. The van der Waals surface area contributed by atoms with Gasteiger partial charge in [-0.2, -0.15) is 5.10 Å². The van der Waals surface area contributed by atoms with E-state index in [0.717, 1.165) is 69.2 Å². The largest absolute Gasteiger partial charge is 0.400 e. The number of halogens is 2. The summed E-state index contributed by atoms with van der Waals surface area (Å²) >= 11 is 12.3. The minimum Gasteiger partial charge on any atom is -0.400 e. The fourth-order valence-electron chi connectivity index (χ4n) is 4.12. The van der Waals surface area contributed by atoms with E-state index in [4.69, 9.17) is 33.4 Å². The van der Waals surface area contributed by atoms with Crippen LogP contribution in [0.15, 0.2) is 48.5 Å². The van der Waals surface area contributed by atoms with Gasteiger partial charge in [0.05, 0.1) is 33.5 Å². The van der Waals surface area contributed by atoms with Gasteiger partial charge in [-0.05, 0) is 55.5 Å². The van der Waals surface area contributed by atoms with Crippen molar-refractivity contribution in [2.75, 3.05) is 30.8 Å². The Labute approximate surface area is 227 Å². The molecule has 0 atom stereocenters. The van der Waals surface area contributed by atoms with Crippen LogP contribution in [0.4, 0.5) is 16.3 Å². The average Bonchev–Trinajstić information content (AvgIpc) is 3.58. The van der Waals surface area contributed by atoms with Gasteiger partial charge in [-0.15, -0.1) is 0 Å². The molecule has 1 aliphatic rings. The Kier molecular flexibility index (Phi) is 10.8. The van der Waals surface area contributed by atoms with Gasteiger partial charge in [-0.1, -0.05) is 54.7 Å². The predicted octanol–water partition coefficient (Wildman–Crippen LogP) is 5.94. The summed E-state index contributed by atoms with van der Waals surface area (Å²) in [7, 11) is 1.00. The van der Waals surface area contributed by atoms with Gasteiger partial charge >= 0.3 is 6.03 Å². The number of benzene rings is 2. The molecule has 3 aromatic rings. The number of aryl methyl sites for hydroxylation is 1. The third-order valence-electron chi connectivity index (χ3n) is 5.96. The van der Waals surface area contributed by atoms with Crippen molar-refractivity contribution in [1.82, 2.24) is 14.7 Å². The molecule has 0 unspecified atom stereocenters. The first-order valence-corrected chi connectivity index (χ1v) is 13.1. The Hall–Kier alpha value is -3.07. The molecule has 3 amide bonds. The lowest BCUT2D eigenvalue weighted by atomic mass is 10.1. The van der Waals surface area contributed by atoms with E-state index in [1.165, 1.54) is 0 Å².